The average Bonchev–Trinajstić information content (AvgIpc) is 3.23. The van der Waals surface area contributed by atoms with Gasteiger partial charge in [-0.1, -0.05) is 55.8 Å². The summed E-state index contributed by atoms with van der Waals surface area (Å²) in [4.78, 5) is 43.5. The van der Waals surface area contributed by atoms with Crippen LogP contribution in [0.3, 0.4) is 0 Å². The molecule has 2 aliphatic carbocycles. The minimum Gasteiger partial charge on any atom is -0.358 e. The van der Waals surface area contributed by atoms with Crippen molar-refractivity contribution in [2.75, 3.05) is 11.4 Å². The van der Waals surface area contributed by atoms with Crippen LogP contribution in [-0.4, -0.2) is 24.0 Å². The summed E-state index contributed by atoms with van der Waals surface area (Å²) in [5, 5.41) is 3.44. The third kappa shape index (κ3) is 2.21. The van der Waals surface area contributed by atoms with E-state index in [1.165, 1.54) is 0 Å². The molecule has 5 heteroatoms. The number of hydrogen-bond donors (Lipinski definition) is 1. The highest BCUT2D eigenvalue weighted by Gasteiger charge is 2.63. The van der Waals surface area contributed by atoms with Crippen molar-refractivity contribution in [3.8, 4) is 0 Å². The summed E-state index contributed by atoms with van der Waals surface area (Å²) in [7, 11) is 0. The van der Waals surface area contributed by atoms with Gasteiger partial charge in [-0.3, -0.25) is 14.4 Å². The number of Topliss-reactive ketones (excluding diaryl/α,β-unsaturated/α-hetero) is 2. The van der Waals surface area contributed by atoms with E-state index < -0.39 is 5.41 Å². The molecule has 0 fully saturated rings. The number of ketones is 2. The van der Waals surface area contributed by atoms with E-state index in [0.717, 1.165) is 41.8 Å². The predicted octanol–water partition coefficient (Wildman–Crippen LogP) is 4.29. The van der Waals surface area contributed by atoms with Crippen molar-refractivity contribution in [3.05, 3.63) is 82.1 Å². The molecule has 2 heterocycles. The molecule has 1 atom stereocenters. The third-order valence-electron chi connectivity index (χ3n) is 7.26. The van der Waals surface area contributed by atoms with Gasteiger partial charge in [0.15, 0.2) is 11.6 Å². The number of hydrogen-bond acceptors (Lipinski definition) is 4. The number of anilines is 1. The van der Waals surface area contributed by atoms with Crippen LogP contribution in [0.5, 0.6) is 0 Å². The molecule has 0 radical (unpaired) electrons. The molecule has 6 rings (SSSR count). The number of para-hydroxylation sites is 1. The molecular weight excluding hydrogens is 400 g/mol. The van der Waals surface area contributed by atoms with Crippen LogP contribution in [0, 0.1) is 0 Å². The number of unbranched alkanes of at least 4 members (excludes halogenated alkanes) is 1. The maximum atomic E-state index is 14.4. The van der Waals surface area contributed by atoms with E-state index in [0.29, 0.717) is 41.8 Å². The number of nitrogens with zero attached hydrogens (tertiary/aromatic N) is 1. The molecule has 4 aliphatic rings. The van der Waals surface area contributed by atoms with E-state index in [-0.39, 0.29) is 17.5 Å². The zero-order valence-corrected chi connectivity index (χ0v) is 18.0. The molecule has 2 aromatic carbocycles. The van der Waals surface area contributed by atoms with Crippen molar-refractivity contribution in [1.29, 1.82) is 0 Å². The lowest BCUT2D eigenvalue weighted by Crippen LogP contribution is -2.51. The van der Waals surface area contributed by atoms with Crippen LogP contribution >= 0.6 is 0 Å². The lowest BCUT2D eigenvalue weighted by molar-refractivity contribution is -0.124. The van der Waals surface area contributed by atoms with Crippen LogP contribution in [0.25, 0.3) is 5.70 Å². The first-order chi connectivity index (χ1) is 15.6. The van der Waals surface area contributed by atoms with Crippen molar-refractivity contribution in [2.45, 2.75) is 44.4 Å². The molecule has 1 spiro atoms. The highest BCUT2D eigenvalue weighted by molar-refractivity contribution is 6.32. The monoisotopic (exact) mass is 424 g/mol. The van der Waals surface area contributed by atoms with Crippen LogP contribution in [0.2, 0.25) is 0 Å². The van der Waals surface area contributed by atoms with E-state index in [1.807, 2.05) is 48.5 Å². The van der Waals surface area contributed by atoms with Gasteiger partial charge in [0.05, 0.1) is 5.70 Å². The van der Waals surface area contributed by atoms with Gasteiger partial charge >= 0.3 is 0 Å². The summed E-state index contributed by atoms with van der Waals surface area (Å²) in [5.74, 6) is -0.354. The number of amides is 1. The molecule has 2 aromatic rings. The second-order valence-electron chi connectivity index (χ2n) is 8.96. The van der Waals surface area contributed by atoms with Crippen molar-refractivity contribution < 1.29 is 14.4 Å². The zero-order chi connectivity index (χ0) is 22.0. The molecular formula is C27H24N2O3. The van der Waals surface area contributed by atoms with Gasteiger partial charge < -0.3 is 10.2 Å². The molecule has 2 aliphatic heterocycles. The van der Waals surface area contributed by atoms with Gasteiger partial charge in [0.25, 0.3) is 0 Å². The quantitative estimate of drug-likeness (QED) is 0.798. The Morgan fingerprint density at radius 2 is 1.69 bits per heavy atom. The molecule has 5 nitrogen and oxygen atoms in total. The number of fused-ring (bicyclic) bond motifs is 6. The second-order valence-corrected chi connectivity index (χ2v) is 8.96. The van der Waals surface area contributed by atoms with Gasteiger partial charge in [-0.2, -0.15) is 0 Å². The first-order valence-corrected chi connectivity index (χ1v) is 11.4. The van der Waals surface area contributed by atoms with E-state index >= 15 is 0 Å². The first-order valence-electron chi connectivity index (χ1n) is 11.4. The fourth-order valence-corrected chi connectivity index (χ4v) is 5.92. The number of allylic oxidation sites excluding steroid dienone is 1. The van der Waals surface area contributed by atoms with Crippen molar-refractivity contribution in [2.24, 2.45) is 0 Å². The number of benzene rings is 2. The molecule has 32 heavy (non-hydrogen) atoms. The smallest absolute Gasteiger partial charge is 0.247 e. The Morgan fingerprint density at radius 3 is 2.50 bits per heavy atom. The van der Waals surface area contributed by atoms with Crippen LogP contribution in [-0.2, 0) is 15.0 Å². The molecule has 1 N–H and O–H groups in total. The highest BCUT2D eigenvalue weighted by atomic mass is 16.2. The SMILES string of the molecule is CCCCN1C(=O)C2(C3=C(CCCC3=O)NC3=C2C(=O)c2ccccc23)c2ccccc21. The average molecular weight is 425 g/mol. The zero-order valence-electron chi connectivity index (χ0n) is 18.0. The molecule has 1 unspecified atom stereocenters. The van der Waals surface area contributed by atoms with Crippen molar-refractivity contribution >= 4 is 28.9 Å². The summed E-state index contributed by atoms with van der Waals surface area (Å²) in [6, 6.07) is 15.2. The minimum absolute atomic E-state index is 0.0328. The van der Waals surface area contributed by atoms with Gasteiger partial charge in [-0.15, -0.1) is 0 Å². The number of carbonyl (C=O) groups is 3. The Hall–Kier alpha value is -3.47. The van der Waals surface area contributed by atoms with Crippen LogP contribution < -0.4 is 10.2 Å². The van der Waals surface area contributed by atoms with E-state index in [2.05, 4.69) is 12.2 Å². The molecule has 0 bridgehead atoms. The third-order valence-corrected chi connectivity index (χ3v) is 7.26. The molecule has 1 amide bonds. The molecule has 0 saturated heterocycles. The van der Waals surface area contributed by atoms with Crippen molar-refractivity contribution in [3.63, 3.8) is 0 Å². The van der Waals surface area contributed by atoms with Crippen LogP contribution in [0.1, 0.15) is 60.5 Å². The maximum absolute atomic E-state index is 14.4. The van der Waals surface area contributed by atoms with Crippen molar-refractivity contribution in [1.82, 2.24) is 5.32 Å². The summed E-state index contributed by atoms with van der Waals surface area (Å²) in [5.41, 5.74) is 4.01. The second kappa shape index (κ2) is 6.76. The van der Waals surface area contributed by atoms with Crippen LogP contribution in [0.15, 0.2) is 65.4 Å². The standard InChI is InChI=1S/C27H24N2O3/c1-2-3-15-29-20-13-7-6-11-18(20)27(26(29)32)22-19(12-8-14-21(22)30)28-24-16-9-4-5-10-17(16)25(31)23(24)27/h4-7,9-11,13,28H,2-3,8,12,14-15H2,1H3. The van der Waals surface area contributed by atoms with Gasteiger partial charge in [0, 0.05) is 52.2 Å². The summed E-state index contributed by atoms with van der Waals surface area (Å²) in [6.07, 6.45) is 3.64. The van der Waals surface area contributed by atoms with Gasteiger partial charge in [-0.05, 0) is 25.3 Å². The van der Waals surface area contributed by atoms with Crippen LogP contribution in [0.4, 0.5) is 5.69 Å². The van der Waals surface area contributed by atoms with E-state index in [1.54, 1.807) is 4.90 Å². The van der Waals surface area contributed by atoms with Gasteiger partial charge in [0.1, 0.15) is 5.41 Å². The highest BCUT2D eigenvalue weighted by Crippen LogP contribution is 2.58. The minimum atomic E-state index is -1.37. The van der Waals surface area contributed by atoms with E-state index in [9.17, 15) is 14.4 Å². The van der Waals surface area contributed by atoms with Gasteiger partial charge in [0.2, 0.25) is 5.91 Å². The van der Waals surface area contributed by atoms with Gasteiger partial charge in [-0.25, -0.2) is 0 Å². The number of rotatable bonds is 3. The summed E-state index contributed by atoms with van der Waals surface area (Å²) in [6.45, 7) is 2.66. The predicted molar refractivity (Wildman–Crippen MR) is 122 cm³/mol. The Kier molecular flexibility index (Phi) is 4.06. The number of carbonyl (C=O) groups excluding carboxylic acids is 3. The first kappa shape index (κ1) is 19.2. The molecule has 0 saturated carbocycles. The number of dihydropyridines is 1. The maximum Gasteiger partial charge on any atom is 0.247 e. The Balaban J connectivity index is 1.70. The Bertz CT molecular complexity index is 1290. The largest absolute Gasteiger partial charge is 0.358 e. The summed E-state index contributed by atoms with van der Waals surface area (Å²) >= 11 is 0. The fraction of sp³-hybridized carbons (Fsp3) is 0.296. The fourth-order valence-electron chi connectivity index (χ4n) is 5.92. The lowest BCUT2D eigenvalue weighted by atomic mass is 9.63. The summed E-state index contributed by atoms with van der Waals surface area (Å²) < 4.78 is 0. The lowest BCUT2D eigenvalue weighted by Gasteiger charge is -2.39. The normalized spacial score (nSPS) is 23.4. The topological polar surface area (TPSA) is 66.5 Å². The number of nitrogens with one attached hydrogen (secondary N) is 1. The molecule has 160 valence electrons. The van der Waals surface area contributed by atoms with E-state index in [4.69, 9.17) is 0 Å². The molecule has 0 aromatic heterocycles. The Morgan fingerprint density at radius 1 is 0.938 bits per heavy atom. The Labute approximate surface area is 186 Å².